The third-order valence-electron chi connectivity index (χ3n) is 1.96. The molecule has 2 rings (SSSR count). The Hall–Kier alpha value is -3.48. The lowest BCUT2D eigenvalue weighted by atomic mass is 10.2. The highest BCUT2D eigenvalue weighted by Gasteiger charge is 1.88. The maximum atomic E-state index is 10.0. The van der Waals surface area contributed by atoms with Crippen molar-refractivity contribution in [2.75, 3.05) is 0 Å². The molecule has 0 bridgehead atoms. The second kappa shape index (κ2) is 12.3. The number of rotatable bonds is 4. The van der Waals surface area contributed by atoms with Crippen LogP contribution in [0.2, 0.25) is 0 Å². The Labute approximate surface area is 131 Å². The van der Waals surface area contributed by atoms with Crippen molar-refractivity contribution < 1.29 is 33.8 Å². The molecule has 2 aromatic rings. The van der Waals surface area contributed by atoms with Crippen LogP contribution in [0.5, 0.6) is 0 Å². The standard InChI is InChI=1S/C7H6O.C5H4O2.C4H4O4/c8-6-7-4-2-1-3-5-7;6-4-5-2-1-3-7-5;5-3(6)1-2-4(7)8/h1-6H;1-4H;1-2H,(H,5,6)(H,7,8)/b;;2-1-. The fourth-order valence-corrected chi connectivity index (χ4v) is 1.03. The molecule has 0 amide bonds. The van der Waals surface area contributed by atoms with Gasteiger partial charge in [0.25, 0.3) is 0 Å². The van der Waals surface area contributed by atoms with Gasteiger partial charge in [0.15, 0.2) is 12.0 Å². The molecule has 120 valence electrons. The number of carboxylic acid groups (broad SMARTS) is 2. The van der Waals surface area contributed by atoms with E-state index < -0.39 is 11.9 Å². The van der Waals surface area contributed by atoms with Gasteiger partial charge in [-0.15, -0.1) is 0 Å². The molecular formula is C16H14O7. The molecule has 0 aliphatic rings. The average molecular weight is 318 g/mol. The van der Waals surface area contributed by atoms with Crippen molar-refractivity contribution in [2.45, 2.75) is 0 Å². The van der Waals surface area contributed by atoms with E-state index in [-0.39, 0.29) is 0 Å². The molecular weight excluding hydrogens is 304 g/mol. The van der Waals surface area contributed by atoms with Crippen LogP contribution in [0, 0.1) is 0 Å². The SMILES string of the molecule is O=C(O)/C=C\C(=O)O.O=Cc1ccccc1.O=Cc1ccco1. The average Bonchev–Trinajstić information content (AvgIpc) is 3.08. The van der Waals surface area contributed by atoms with Gasteiger partial charge in [-0.2, -0.15) is 0 Å². The van der Waals surface area contributed by atoms with E-state index in [1.54, 1.807) is 24.3 Å². The fraction of sp³-hybridized carbons (Fsp3) is 0. The monoisotopic (exact) mass is 318 g/mol. The first-order valence-electron chi connectivity index (χ1n) is 6.12. The molecule has 1 aromatic carbocycles. The second-order valence-corrected chi connectivity index (χ2v) is 3.67. The summed E-state index contributed by atoms with van der Waals surface area (Å²) in [6, 6.07) is 12.4. The lowest BCUT2D eigenvalue weighted by Crippen LogP contribution is -1.91. The van der Waals surface area contributed by atoms with Gasteiger partial charge in [-0.3, -0.25) is 9.59 Å². The number of hydrogen-bond donors (Lipinski definition) is 2. The van der Waals surface area contributed by atoms with Crippen LogP contribution in [0.15, 0.2) is 65.3 Å². The van der Waals surface area contributed by atoms with Crippen LogP contribution >= 0.6 is 0 Å². The van der Waals surface area contributed by atoms with E-state index in [1.807, 2.05) is 18.2 Å². The summed E-state index contributed by atoms with van der Waals surface area (Å²) in [5.74, 6) is -2.14. The zero-order chi connectivity index (χ0) is 17.5. The third-order valence-corrected chi connectivity index (χ3v) is 1.96. The molecule has 1 aromatic heterocycles. The Morgan fingerprint density at radius 2 is 1.39 bits per heavy atom. The highest BCUT2D eigenvalue weighted by atomic mass is 16.4. The maximum Gasteiger partial charge on any atom is 0.328 e. The van der Waals surface area contributed by atoms with Crippen molar-refractivity contribution in [1.29, 1.82) is 0 Å². The molecule has 23 heavy (non-hydrogen) atoms. The molecule has 0 spiro atoms. The van der Waals surface area contributed by atoms with Crippen LogP contribution in [0.25, 0.3) is 0 Å². The number of carboxylic acids is 2. The molecule has 0 radical (unpaired) electrons. The Kier molecular flexibility index (Phi) is 10.4. The fourth-order valence-electron chi connectivity index (χ4n) is 1.03. The molecule has 0 unspecified atom stereocenters. The van der Waals surface area contributed by atoms with E-state index in [0.29, 0.717) is 24.2 Å². The van der Waals surface area contributed by atoms with E-state index in [9.17, 15) is 19.2 Å². The first kappa shape index (κ1) is 19.5. The number of carbonyl (C=O) groups excluding carboxylic acids is 2. The minimum atomic E-state index is -1.26. The predicted molar refractivity (Wildman–Crippen MR) is 80.3 cm³/mol. The van der Waals surface area contributed by atoms with Gasteiger partial charge >= 0.3 is 11.9 Å². The van der Waals surface area contributed by atoms with Gasteiger partial charge in [-0.25, -0.2) is 9.59 Å². The number of benzene rings is 1. The van der Waals surface area contributed by atoms with E-state index in [0.717, 1.165) is 11.8 Å². The quantitative estimate of drug-likeness (QED) is 0.655. The van der Waals surface area contributed by atoms with Crippen molar-refractivity contribution in [3.05, 3.63) is 72.2 Å². The molecule has 0 atom stereocenters. The zero-order valence-corrected chi connectivity index (χ0v) is 11.9. The molecule has 0 saturated carbocycles. The lowest BCUT2D eigenvalue weighted by Gasteiger charge is -1.81. The maximum absolute atomic E-state index is 10.0. The summed E-state index contributed by atoms with van der Waals surface area (Å²) in [7, 11) is 0. The summed E-state index contributed by atoms with van der Waals surface area (Å²) < 4.78 is 4.61. The molecule has 2 N–H and O–H groups in total. The van der Waals surface area contributed by atoms with Crippen molar-refractivity contribution in [1.82, 2.24) is 0 Å². The number of aldehydes is 2. The topological polar surface area (TPSA) is 122 Å². The van der Waals surface area contributed by atoms with Gasteiger partial charge in [-0.1, -0.05) is 30.3 Å². The lowest BCUT2D eigenvalue weighted by molar-refractivity contribution is -0.134. The molecule has 0 fully saturated rings. The van der Waals surface area contributed by atoms with E-state index in [4.69, 9.17) is 10.2 Å². The Bertz CT molecular complexity index is 612. The summed E-state index contributed by atoms with van der Waals surface area (Å²) in [5.41, 5.74) is 0.729. The van der Waals surface area contributed by atoms with Crippen LogP contribution in [0.1, 0.15) is 20.9 Å². The summed E-state index contributed by atoms with van der Waals surface area (Å²) >= 11 is 0. The number of carbonyl (C=O) groups is 4. The molecule has 7 nitrogen and oxygen atoms in total. The highest BCUT2D eigenvalue weighted by Crippen LogP contribution is 1.93. The van der Waals surface area contributed by atoms with Gasteiger partial charge in [0, 0.05) is 17.7 Å². The summed E-state index contributed by atoms with van der Waals surface area (Å²) in [4.78, 5) is 38.9. The molecule has 1 heterocycles. The molecule has 0 saturated heterocycles. The van der Waals surface area contributed by atoms with Crippen LogP contribution in [-0.2, 0) is 9.59 Å². The zero-order valence-electron chi connectivity index (χ0n) is 11.9. The van der Waals surface area contributed by atoms with E-state index in [2.05, 4.69) is 4.42 Å². The molecule has 0 aliphatic carbocycles. The van der Waals surface area contributed by atoms with Gasteiger partial charge in [0.05, 0.1) is 6.26 Å². The van der Waals surface area contributed by atoms with Gasteiger partial charge in [0.1, 0.15) is 6.29 Å². The third kappa shape index (κ3) is 12.0. The smallest absolute Gasteiger partial charge is 0.328 e. The Morgan fingerprint density at radius 3 is 1.65 bits per heavy atom. The van der Waals surface area contributed by atoms with Crippen molar-refractivity contribution in [3.63, 3.8) is 0 Å². The molecule has 0 aliphatic heterocycles. The first-order valence-corrected chi connectivity index (χ1v) is 6.12. The van der Waals surface area contributed by atoms with Crippen LogP contribution < -0.4 is 0 Å². The van der Waals surface area contributed by atoms with Crippen molar-refractivity contribution >= 4 is 24.5 Å². The number of aliphatic carboxylic acids is 2. The van der Waals surface area contributed by atoms with Crippen molar-refractivity contribution in [2.24, 2.45) is 0 Å². The Balaban J connectivity index is 0.000000316. The van der Waals surface area contributed by atoms with Crippen LogP contribution in [-0.4, -0.2) is 34.7 Å². The normalized spacial score (nSPS) is 8.87. The predicted octanol–water partition coefficient (Wildman–Crippen LogP) is 2.30. The Morgan fingerprint density at radius 1 is 0.826 bits per heavy atom. The van der Waals surface area contributed by atoms with Crippen LogP contribution in [0.4, 0.5) is 0 Å². The summed E-state index contributed by atoms with van der Waals surface area (Å²) in [5, 5.41) is 15.6. The second-order valence-electron chi connectivity index (χ2n) is 3.67. The summed E-state index contributed by atoms with van der Waals surface area (Å²) in [6.45, 7) is 0. The van der Waals surface area contributed by atoms with Gasteiger partial charge < -0.3 is 14.6 Å². The minimum absolute atomic E-state index is 0.375. The number of furan rings is 1. The van der Waals surface area contributed by atoms with E-state index in [1.165, 1.54) is 6.26 Å². The van der Waals surface area contributed by atoms with Crippen molar-refractivity contribution in [3.8, 4) is 0 Å². The highest BCUT2D eigenvalue weighted by molar-refractivity contribution is 5.89. The number of hydrogen-bond acceptors (Lipinski definition) is 5. The summed E-state index contributed by atoms with van der Waals surface area (Å²) in [6.07, 6.45) is 4.08. The van der Waals surface area contributed by atoms with E-state index >= 15 is 0 Å². The van der Waals surface area contributed by atoms with Crippen LogP contribution in [0.3, 0.4) is 0 Å². The van der Waals surface area contributed by atoms with Gasteiger partial charge in [0.2, 0.25) is 0 Å². The van der Waals surface area contributed by atoms with Gasteiger partial charge in [-0.05, 0) is 12.1 Å². The molecule has 7 heteroatoms. The minimum Gasteiger partial charge on any atom is -0.478 e. The first-order chi connectivity index (χ1) is 11.0. The largest absolute Gasteiger partial charge is 0.478 e.